The lowest BCUT2D eigenvalue weighted by Gasteiger charge is -1.89. The quantitative estimate of drug-likeness (QED) is 0.439. The van der Waals surface area contributed by atoms with E-state index in [1.807, 2.05) is 0 Å². The fraction of sp³-hybridized carbons (Fsp3) is 0. The molecule has 0 fully saturated rings. The van der Waals surface area contributed by atoms with E-state index in [2.05, 4.69) is 15.3 Å². The number of hydrogen-bond donors (Lipinski definition) is 0. The standard InChI is InChI=1S/C5H3N5O2/c11-10(12)5-2-1-4-7-6-3-9(4)8-5/h1-3H. The molecule has 0 N–H and O–H groups in total. The lowest BCUT2D eigenvalue weighted by molar-refractivity contribution is -0.390. The molecule has 7 nitrogen and oxygen atoms in total. The van der Waals surface area contributed by atoms with Crippen LogP contribution in [0.4, 0.5) is 5.82 Å². The van der Waals surface area contributed by atoms with E-state index in [1.165, 1.54) is 23.0 Å². The number of hydrogen-bond acceptors (Lipinski definition) is 5. The van der Waals surface area contributed by atoms with Crippen molar-refractivity contribution in [2.45, 2.75) is 0 Å². The van der Waals surface area contributed by atoms with Crippen LogP contribution in [0, 0.1) is 10.1 Å². The van der Waals surface area contributed by atoms with Crippen LogP contribution in [0.15, 0.2) is 18.5 Å². The van der Waals surface area contributed by atoms with Crippen LogP contribution in [0.25, 0.3) is 5.65 Å². The first kappa shape index (κ1) is 6.65. The molecule has 2 aromatic heterocycles. The third-order valence-corrected chi connectivity index (χ3v) is 1.33. The second-order valence-electron chi connectivity index (χ2n) is 2.08. The maximum atomic E-state index is 10.3. The first-order chi connectivity index (χ1) is 5.77. The average Bonchev–Trinajstić information content (AvgIpc) is 2.49. The zero-order valence-electron chi connectivity index (χ0n) is 5.78. The predicted octanol–water partition coefficient (Wildman–Crippen LogP) is 0.0325. The predicted molar refractivity (Wildman–Crippen MR) is 37.4 cm³/mol. The second-order valence-corrected chi connectivity index (χ2v) is 2.08. The van der Waals surface area contributed by atoms with Crippen LogP contribution in [-0.2, 0) is 0 Å². The summed E-state index contributed by atoms with van der Waals surface area (Å²) in [7, 11) is 0. The number of rotatable bonds is 1. The lowest BCUT2D eigenvalue weighted by Crippen LogP contribution is -1.96. The van der Waals surface area contributed by atoms with Gasteiger partial charge in [-0.3, -0.25) is 0 Å². The highest BCUT2D eigenvalue weighted by Gasteiger charge is 2.08. The van der Waals surface area contributed by atoms with Gasteiger partial charge in [0.15, 0.2) is 12.0 Å². The summed E-state index contributed by atoms with van der Waals surface area (Å²) in [6, 6.07) is 2.77. The molecule has 0 aromatic carbocycles. The van der Waals surface area contributed by atoms with Crippen LogP contribution in [0.3, 0.4) is 0 Å². The molecule has 0 radical (unpaired) electrons. The first-order valence-corrected chi connectivity index (χ1v) is 3.09. The normalized spacial score (nSPS) is 10.3. The first-order valence-electron chi connectivity index (χ1n) is 3.09. The Bertz CT molecular complexity index is 436. The number of nitro groups is 1. The van der Waals surface area contributed by atoms with E-state index in [9.17, 15) is 10.1 Å². The fourth-order valence-corrected chi connectivity index (χ4v) is 0.816. The molecule has 60 valence electrons. The Morgan fingerprint density at radius 1 is 1.50 bits per heavy atom. The van der Waals surface area contributed by atoms with Gasteiger partial charge < -0.3 is 10.1 Å². The molecule has 12 heavy (non-hydrogen) atoms. The highest BCUT2D eigenvalue weighted by Crippen LogP contribution is 2.05. The van der Waals surface area contributed by atoms with Crippen molar-refractivity contribution in [3.8, 4) is 0 Å². The van der Waals surface area contributed by atoms with Gasteiger partial charge in [-0.25, -0.2) is 0 Å². The van der Waals surface area contributed by atoms with Crippen molar-refractivity contribution in [2.75, 3.05) is 0 Å². The highest BCUT2D eigenvalue weighted by molar-refractivity contribution is 5.37. The van der Waals surface area contributed by atoms with Crippen molar-refractivity contribution >= 4 is 11.5 Å². The van der Waals surface area contributed by atoms with Gasteiger partial charge in [-0.15, -0.1) is 14.7 Å². The van der Waals surface area contributed by atoms with E-state index in [4.69, 9.17) is 0 Å². The summed E-state index contributed by atoms with van der Waals surface area (Å²) in [5, 5.41) is 21.1. The molecule has 0 saturated heterocycles. The molecular formula is C5H3N5O2. The zero-order chi connectivity index (χ0) is 8.55. The maximum Gasteiger partial charge on any atom is 0.389 e. The summed E-state index contributed by atoms with van der Waals surface area (Å²) in [5.74, 6) is -0.220. The van der Waals surface area contributed by atoms with Crippen molar-refractivity contribution in [3.05, 3.63) is 28.6 Å². The molecule has 0 atom stereocenters. The molecule has 0 saturated carbocycles. The Morgan fingerprint density at radius 2 is 2.33 bits per heavy atom. The topological polar surface area (TPSA) is 86.2 Å². The molecule has 2 aromatic rings. The molecule has 0 aliphatic carbocycles. The van der Waals surface area contributed by atoms with Crippen molar-refractivity contribution in [2.24, 2.45) is 0 Å². The Kier molecular flexibility index (Phi) is 1.23. The van der Waals surface area contributed by atoms with Crippen molar-refractivity contribution < 1.29 is 4.92 Å². The average molecular weight is 165 g/mol. The van der Waals surface area contributed by atoms with Crippen LogP contribution < -0.4 is 0 Å². The van der Waals surface area contributed by atoms with Gasteiger partial charge in [0.2, 0.25) is 0 Å². The zero-order valence-corrected chi connectivity index (χ0v) is 5.78. The van der Waals surface area contributed by atoms with Crippen molar-refractivity contribution in [3.63, 3.8) is 0 Å². The second kappa shape index (κ2) is 2.22. The molecular weight excluding hydrogens is 162 g/mol. The van der Waals surface area contributed by atoms with Gasteiger partial charge >= 0.3 is 5.82 Å². The van der Waals surface area contributed by atoms with Gasteiger partial charge in [-0.2, -0.15) is 0 Å². The van der Waals surface area contributed by atoms with Crippen LogP contribution in [0.5, 0.6) is 0 Å². The third-order valence-electron chi connectivity index (χ3n) is 1.33. The summed E-state index contributed by atoms with van der Waals surface area (Å²) < 4.78 is 1.25. The molecule has 0 spiro atoms. The van der Waals surface area contributed by atoms with Crippen LogP contribution in [-0.4, -0.2) is 24.7 Å². The Labute approximate surface area is 65.8 Å². The minimum atomic E-state index is -0.570. The molecule has 2 rings (SSSR count). The SMILES string of the molecule is O=[N+]([O-])c1ccc2nncn2n1. The van der Waals surface area contributed by atoms with Gasteiger partial charge in [0, 0.05) is 6.07 Å². The molecule has 0 aliphatic rings. The van der Waals surface area contributed by atoms with Gasteiger partial charge in [-0.05, 0) is 11.0 Å². The molecule has 2 heterocycles. The van der Waals surface area contributed by atoms with E-state index in [-0.39, 0.29) is 5.82 Å². The Hall–Kier alpha value is -2.05. The van der Waals surface area contributed by atoms with Crippen LogP contribution in [0.1, 0.15) is 0 Å². The largest absolute Gasteiger partial charge is 0.389 e. The van der Waals surface area contributed by atoms with E-state index in [0.717, 1.165) is 0 Å². The summed E-state index contributed by atoms with van der Waals surface area (Å²) in [5.41, 5.74) is 0.487. The maximum absolute atomic E-state index is 10.3. The molecule has 7 heteroatoms. The van der Waals surface area contributed by atoms with E-state index >= 15 is 0 Å². The summed E-state index contributed by atoms with van der Waals surface area (Å²) in [4.78, 5) is 9.69. The number of aromatic nitrogens is 4. The van der Waals surface area contributed by atoms with Gasteiger partial charge in [0.1, 0.15) is 0 Å². The Balaban J connectivity index is 2.68. The summed E-state index contributed by atoms with van der Waals surface area (Å²) >= 11 is 0. The Morgan fingerprint density at radius 3 is 3.08 bits per heavy atom. The monoisotopic (exact) mass is 165 g/mol. The van der Waals surface area contributed by atoms with Crippen molar-refractivity contribution in [1.82, 2.24) is 19.8 Å². The third kappa shape index (κ3) is 0.875. The number of nitrogens with zero attached hydrogens (tertiary/aromatic N) is 5. The van der Waals surface area contributed by atoms with E-state index < -0.39 is 4.92 Å². The minimum absolute atomic E-state index is 0.220. The highest BCUT2D eigenvalue weighted by atomic mass is 16.6. The van der Waals surface area contributed by atoms with Gasteiger partial charge in [0.05, 0.1) is 5.10 Å². The van der Waals surface area contributed by atoms with E-state index in [0.29, 0.717) is 5.65 Å². The van der Waals surface area contributed by atoms with E-state index in [1.54, 1.807) is 0 Å². The molecule has 0 amide bonds. The molecule has 0 unspecified atom stereocenters. The smallest absolute Gasteiger partial charge is 0.358 e. The van der Waals surface area contributed by atoms with Crippen molar-refractivity contribution in [1.29, 1.82) is 0 Å². The lowest BCUT2D eigenvalue weighted by atomic mass is 10.5. The van der Waals surface area contributed by atoms with Crippen LogP contribution in [0.2, 0.25) is 0 Å². The summed E-state index contributed by atoms with van der Waals surface area (Å²) in [6.45, 7) is 0. The summed E-state index contributed by atoms with van der Waals surface area (Å²) in [6.07, 6.45) is 1.31. The van der Waals surface area contributed by atoms with Gasteiger partial charge in [-0.1, -0.05) is 0 Å². The molecule has 0 bridgehead atoms. The molecule has 0 aliphatic heterocycles. The number of fused-ring (bicyclic) bond motifs is 1. The van der Waals surface area contributed by atoms with Crippen LogP contribution >= 0.6 is 0 Å². The fourth-order valence-electron chi connectivity index (χ4n) is 0.816. The van der Waals surface area contributed by atoms with Gasteiger partial charge in [0.25, 0.3) is 0 Å². The minimum Gasteiger partial charge on any atom is -0.358 e.